The highest BCUT2D eigenvalue weighted by atomic mass is 16.6. The van der Waals surface area contributed by atoms with Gasteiger partial charge in [0.05, 0.1) is 0 Å². The Kier molecular flexibility index (Phi) is 63.5. The number of unbranched alkanes of at least 4 members (excludes halogenated alkanes) is 16. The molecule has 0 aromatic rings. The maximum Gasteiger partial charge on any atom is 0.306 e. The van der Waals surface area contributed by atoms with Gasteiger partial charge in [0.1, 0.15) is 13.2 Å². The zero-order chi connectivity index (χ0) is 59.2. The van der Waals surface area contributed by atoms with Gasteiger partial charge in [-0.25, -0.2) is 0 Å². The van der Waals surface area contributed by atoms with E-state index in [-0.39, 0.29) is 31.1 Å². The smallest absolute Gasteiger partial charge is 0.306 e. The molecule has 0 aliphatic rings. The third-order valence-electron chi connectivity index (χ3n) is 13.1. The van der Waals surface area contributed by atoms with Crippen LogP contribution in [0.5, 0.6) is 0 Å². The van der Waals surface area contributed by atoms with Crippen LogP contribution in [0.3, 0.4) is 0 Å². The van der Waals surface area contributed by atoms with E-state index in [1.165, 1.54) is 19.3 Å². The molecule has 458 valence electrons. The van der Waals surface area contributed by atoms with E-state index in [0.717, 1.165) is 199 Å². The number of rotatable bonds is 57. The molecule has 1 atom stereocenters. The number of carbonyl (C=O) groups excluding carboxylic acids is 3. The van der Waals surface area contributed by atoms with Crippen LogP contribution in [-0.2, 0) is 28.6 Å². The van der Waals surface area contributed by atoms with Gasteiger partial charge in [-0.15, -0.1) is 0 Å². The van der Waals surface area contributed by atoms with Crippen molar-refractivity contribution < 1.29 is 28.6 Å². The molecule has 0 aromatic carbocycles. The molecule has 0 aromatic heterocycles. The van der Waals surface area contributed by atoms with Gasteiger partial charge in [-0.3, -0.25) is 14.4 Å². The van der Waals surface area contributed by atoms with E-state index in [9.17, 15) is 14.4 Å². The molecule has 1 unspecified atom stereocenters. The van der Waals surface area contributed by atoms with Gasteiger partial charge in [-0.1, -0.05) is 267 Å². The number of allylic oxidation sites excluding steroid dienone is 30. The predicted molar refractivity (Wildman–Crippen MR) is 357 cm³/mol. The predicted octanol–water partition coefficient (Wildman–Crippen LogP) is 22.8. The summed E-state index contributed by atoms with van der Waals surface area (Å²) in [6, 6.07) is 0. The van der Waals surface area contributed by atoms with Crippen LogP contribution in [0.2, 0.25) is 0 Å². The summed E-state index contributed by atoms with van der Waals surface area (Å²) in [5.41, 5.74) is 0. The number of carbonyl (C=O) groups is 3. The average Bonchev–Trinajstić information content (AvgIpc) is 3.48. The highest BCUT2D eigenvalue weighted by Gasteiger charge is 2.19. The Labute approximate surface area is 504 Å². The van der Waals surface area contributed by atoms with E-state index in [0.29, 0.717) is 19.3 Å². The first kappa shape index (κ1) is 76.5. The van der Waals surface area contributed by atoms with Gasteiger partial charge in [0.15, 0.2) is 6.10 Å². The van der Waals surface area contributed by atoms with E-state index >= 15 is 0 Å². The standard InChI is InChI=1S/C76H118O6/c1-4-7-10-13-16-19-22-25-28-29-30-31-32-33-34-35-36-37-38-39-40-41-42-43-44-45-46-47-49-51-54-57-60-63-66-69-75(78)81-72-73(71-80-74(77)68-65-62-59-56-53-50-27-24-21-18-15-12-9-6-3)82-76(79)70-67-64-61-58-55-52-48-26-23-20-17-14-11-8-5-2/h7-8,10-11,15-20,24-28,30-31,33-34,36-37,39-40,42-43,45-46,48-49,51,73H,4-6,9,12-14,21-23,29,32,35,38,41,44,47,50,52-72H2,1-3H3/b10-7-,11-8-,18-15-,19-16-,20-17-,27-24-,28-25-,31-30-,34-33-,37-36-,40-39-,43-42-,46-45-,48-26-,51-49-. The van der Waals surface area contributed by atoms with Crippen LogP contribution < -0.4 is 0 Å². The van der Waals surface area contributed by atoms with E-state index in [1.54, 1.807) is 0 Å². The van der Waals surface area contributed by atoms with Crippen molar-refractivity contribution in [2.24, 2.45) is 0 Å². The molecule has 0 aliphatic heterocycles. The maximum atomic E-state index is 12.9. The van der Waals surface area contributed by atoms with Crippen molar-refractivity contribution in [3.8, 4) is 0 Å². The molecule has 0 N–H and O–H groups in total. The van der Waals surface area contributed by atoms with Gasteiger partial charge in [0, 0.05) is 19.3 Å². The minimum absolute atomic E-state index is 0.108. The molecule has 0 fully saturated rings. The van der Waals surface area contributed by atoms with Gasteiger partial charge in [-0.2, -0.15) is 0 Å². The second kappa shape index (κ2) is 68.0. The minimum Gasteiger partial charge on any atom is -0.462 e. The number of hydrogen-bond acceptors (Lipinski definition) is 6. The molecule has 0 aliphatic carbocycles. The van der Waals surface area contributed by atoms with Gasteiger partial charge < -0.3 is 14.2 Å². The summed E-state index contributed by atoms with van der Waals surface area (Å²) in [4.78, 5) is 38.3. The van der Waals surface area contributed by atoms with Gasteiger partial charge in [-0.05, 0) is 154 Å². The van der Waals surface area contributed by atoms with Crippen molar-refractivity contribution in [1.29, 1.82) is 0 Å². The van der Waals surface area contributed by atoms with Crippen LogP contribution in [0, 0.1) is 0 Å². The molecule has 82 heavy (non-hydrogen) atoms. The lowest BCUT2D eigenvalue weighted by molar-refractivity contribution is -0.167. The maximum absolute atomic E-state index is 12.9. The van der Waals surface area contributed by atoms with Crippen molar-refractivity contribution in [2.75, 3.05) is 13.2 Å². The summed E-state index contributed by atoms with van der Waals surface area (Å²) >= 11 is 0. The van der Waals surface area contributed by atoms with Crippen molar-refractivity contribution in [3.05, 3.63) is 182 Å². The van der Waals surface area contributed by atoms with Crippen LogP contribution in [0.25, 0.3) is 0 Å². The molecule has 0 bridgehead atoms. The van der Waals surface area contributed by atoms with Crippen molar-refractivity contribution in [3.63, 3.8) is 0 Å². The topological polar surface area (TPSA) is 78.9 Å². The average molecular weight is 1130 g/mol. The third-order valence-corrected chi connectivity index (χ3v) is 13.1. The van der Waals surface area contributed by atoms with Gasteiger partial charge in [0.2, 0.25) is 0 Å². The highest BCUT2D eigenvalue weighted by Crippen LogP contribution is 2.13. The number of ether oxygens (including phenoxy) is 3. The molecular weight excluding hydrogens is 1010 g/mol. The minimum atomic E-state index is -0.814. The fraction of sp³-hybridized carbons (Fsp3) is 0.566. The summed E-state index contributed by atoms with van der Waals surface area (Å²) in [6.07, 6.45) is 102. The Morgan fingerprint density at radius 3 is 0.744 bits per heavy atom. The Morgan fingerprint density at radius 1 is 0.256 bits per heavy atom. The molecule has 0 amide bonds. The summed E-state index contributed by atoms with van der Waals surface area (Å²) in [5.74, 6) is -0.971. The monoisotopic (exact) mass is 1130 g/mol. The van der Waals surface area contributed by atoms with Crippen LogP contribution in [0.1, 0.15) is 258 Å². The van der Waals surface area contributed by atoms with E-state index in [1.807, 2.05) is 0 Å². The molecule has 6 nitrogen and oxygen atoms in total. The van der Waals surface area contributed by atoms with Crippen molar-refractivity contribution in [1.82, 2.24) is 0 Å². The molecule has 6 heteroatoms. The third kappa shape index (κ3) is 65.3. The van der Waals surface area contributed by atoms with E-state index in [4.69, 9.17) is 14.2 Å². The zero-order valence-electron chi connectivity index (χ0n) is 52.4. The van der Waals surface area contributed by atoms with E-state index in [2.05, 4.69) is 203 Å². The highest BCUT2D eigenvalue weighted by molar-refractivity contribution is 5.71. The normalized spacial score (nSPS) is 13.4. The van der Waals surface area contributed by atoms with Crippen molar-refractivity contribution in [2.45, 2.75) is 264 Å². The SMILES string of the molecule is CC/C=C\C/C=C\C/C=C\C/C=C\C/C=C\C/C=C\C/C=C\C/C=C\C/C=C\C/C=C\CCCCCCC(=O)OCC(COC(=O)CCCCCCC/C=C\C/C=C\CCCC)OC(=O)CCCCCCC/C=C\C/C=C\C/C=C\CC. The lowest BCUT2D eigenvalue weighted by Crippen LogP contribution is -2.30. The van der Waals surface area contributed by atoms with Crippen molar-refractivity contribution >= 4 is 17.9 Å². The first-order valence-corrected chi connectivity index (χ1v) is 32.8. The van der Waals surface area contributed by atoms with Crippen LogP contribution in [0.15, 0.2) is 182 Å². The second-order valence-electron chi connectivity index (χ2n) is 20.9. The summed E-state index contributed by atoms with van der Waals surface area (Å²) in [7, 11) is 0. The number of hydrogen-bond donors (Lipinski definition) is 0. The summed E-state index contributed by atoms with van der Waals surface area (Å²) in [6.45, 7) is 6.31. The Hall–Kier alpha value is -5.49. The molecule has 0 saturated carbocycles. The fourth-order valence-corrected chi connectivity index (χ4v) is 8.26. The molecule has 0 heterocycles. The Balaban J connectivity index is 4.37. The van der Waals surface area contributed by atoms with Gasteiger partial charge >= 0.3 is 17.9 Å². The molecule has 0 radical (unpaired) electrons. The first-order chi connectivity index (χ1) is 40.5. The van der Waals surface area contributed by atoms with Gasteiger partial charge in [0.25, 0.3) is 0 Å². The van der Waals surface area contributed by atoms with E-state index < -0.39 is 6.10 Å². The first-order valence-electron chi connectivity index (χ1n) is 32.8. The second-order valence-corrected chi connectivity index (χ2v) is 20.9. The molecular formula is C76H118O6. The zero-order valence-corrected chi connectivity index (χ0v) is 52.4. The molecule has 0 rings (SSSR count). The summed E-state index contributed by atoms with van der Waals surface area (Å²) in [5, 5.41) is 0. The Morgan fingerprint density at radius 2 is 0.476 bits per heavy atom. The summed E-state index contributed by atoms with van der Waals surface area (Å²) < 4.78 is 16.9. The fourth-order valence-electron chi connectivity index (χ4n) is 8.26. The van der Waals surface area contributed by atoms with Crippen LogP contribution >= 0.6 is 0 Å². The number of esters is 3. The lowest BCUT2D eigenvalue weighted by Gasteiger charge is -2.18. The van der Waals surface area contributed by atoms with Crippen LogP contribution in [-0.4, -0.2) is 37.2 Å². The molecule has 0 spiro atoms. The van der Waals surface area contributed by atoms with Crippen LogP contribution in [0.4, 0.5) is 0 Å². The lowest BCUT2D eigenvalue weighted by atomic mass is 10.1. The molecule has 0 saturated heterocycles. The Bertz CT molecular complexity index is 1920. The quantitative estimate of drug-likeness (QED) is 0.0261. The largest absolute Gasteiger partial charge is 0.462 e.